The van der Waals surface area contributed by atoms with Crippen molar-refractivity contribution in [2.75, 3.05) is 6.54 Å². The molecule has 0 saturated carbocycles. The first kappa shape index (κ1) is 15.1. The molecule has 2 rings (SSSR count). The zero-order chi connectivity index (χ0) is 15.2. The summed E-state index contributed by atoms with van der Waals surface area (Å²) in [6.07, 6.45) is 0.507. The summed E-state index contributed by atoms with van der Waals surface area (Å²) in [6.45, 7) is 0.283. The third-order valence-corrected chi connectivity index (χ3v) is 3.16. The summed E-state index contributed by atoms with van der Waals surface area (Å²) in [7, 11) is 0. The maximum Gasteiger partial charge on any atom is 0.254 e. The van der Waals surface area contributed by atoms with Crippen molar-refractivity contribution in [3.05, 3.63) is 71.3 Å². The number of hydrogen-bond donors (Lipinski definition) is 2. The molecule has 3 nitrogen and oxygen atoms in total. The SMILES string of the molecule is NC(CCNC(=O)c1cccc(F)c1F)c1ccccc1. The second kappa shape index (κ2) is 6.95. The molecule has 1 amide bonds. The number of carbonyl (C=O) groups excluding carboxylic acids is 1. The minimum absolute atomic E-state index is 0.219. The van der Waals surface area contributed by atoms with Crippen LogP contribution in [0.2, 0.25) is 0 Å². The number of amides is 1. The topological polar surface area (TPSA) is 55.1 Å². The van der Waals surface area contributed by atoms with Crippen molar-refractivity contribution in [3.63, 3.8) is 0 Å². The Hall–Kier alpha value is -2.27. The first-order valence-electron chi connectivity index (χ1n) is 6.62. The lowest BCUT2D eigenvalue weighted by Crippen LogP contribution is -2.28. The molecule has 2 aromatic rings. The molecule has 0 radical (unpaired) electrons. The summed E-state index contributed by atoms with van der Waals surface area (Å²) in [5, 5.41) is 2.54. The van der Waals surface area contributed by atoms with Crippen LogP contribution < -0.4 is 11.1 Å². The van der Waals surface area contributed by atoms with Crippen LogP contribution >= 0.6 is 0 Å². The largest absolute Gasteiger partial charge is 0.352 e. The molecule has 0 aromatic heterocycles. The van der Waals surface area contributed by atoms with E-state index in [1.54, 1.807) is 0 Å². The van der Waals surface area contributed by atoms with E-state index >= 15 is 0 Å². The molecule has 110 valence electrons. The number of halogens is 2. The van der Waals surface area contributed by atoms with E-state index in [2.05, 4.69) is 5.32 Å². The highest BCUT2D eigenvalue weighted by Gasteiger charge is 2.15. The number of nitrogens with two attached hydrogens (primary N) is 1. The lowest BCUT2D eigenvalue weighted by molar-refractivity contribution is 0.0947. The minimum atomic E-state index is -1.14. The van der Waals surface area contributed by atoms with Crippen LogP contribution in [0.3, 0.4) is 0 Å². The molecule has 0 fully saturated rings. The van der Waals surface area contributed by atoms with Crippen LogP contribution in [-0.2, 0) is 0 Å². The van der Waals surface area contributed by atoms with Crippen molar-refractivity contribution in [1.82, 2.24) is 5.32 Å². The van der Waals surface area contributed by atoms with Gasteiger partial charge in [0.15, 0.2) is 11.6 Å². The highest BCUT2D eigenvalue weighted by Crippen LogP contribution is 2.13. The van der Waals surface area contributed by atoms with Gasteiger partial charge in [0.2, 0.25) is 0 Å². The van der Waals surface area contributed by atoms with Crippen LogP contribution in [-0.4, -0.2) is 12.5 Å². The van der Waals surface area contributed by atoms with Crippen molar-refractivity contribution in [2.24, 2.45) is 5.73 Å². The summed E-state index contributed by atoms with van der Waals surface area (Å²) in [5.41, 5.74) is 6.65. The van der Waals surface area contributed by atoms with E-state index in [-0.39, 0.29) is 18.2 Å². The van der Waals surface area contributed by atoms with Crippen LogP contribution in [0.4, 0.5) is 8.78 Å². The van der Waals surface area contributed by atoms with Crippen molar-refractivity contribution in [2.45, 2.75) is 12.5 Å². The van der Waals surface area contributed by atoms with Gasteiger partial charge in [-0.15, -0.1) is 0 Å². The van der Waals surface area contributed by atoms with Crippen molar-refractivity contribution in [3.8, 4) is 0 Å². The maximum atomic E-state index is 13.4. The fourth-order valence-electron chi connectivity index (χ4n) is 1.98. The molecule has 5 heteroatoms. The normalized spacial score (nSPS) is 12.0. The Bertz CT molecular complexity index is 617. The molecule has 1 atom stereocenters. The van der Waals surface area contributed by atoms with Gasteiger partial charge in [-0.2, -0.15) is 0 Å². The predicted octanol–water partition coefficient (Wildman–Crippen LogP) is 2.78. The Balaban J connectivity index is 1.89. The van der Waals surface area contributed by atoms with Gasteiger partial charge >= 0.3 is 0 Å². The maximum absolute atomic E-state index is 13.4. The molecule has 21 heavy (non-hydrogen) atoms. The Morgan fingerprint density at radius 1 is 1.10 bits per heavy atom. The van der Waals surface area contributed by atoms with Gasteiger partial charge in [0.1, 0.15) is 0 Å². The smallest absolute Gasteiger partial charge is 0.254 e. The second-order valence-corrected chi connectivity index (χ2v) is 4.66. The molecule has 0 saturated heterocycles. The van der Waals surface area contributed by atoms with Gasteiger partial charge in [-0.25, -0.2) is 8.78 Å². The van der Waals surface area contributed by atoms with Gasteiger partial charge in [-0.05, 0) is 24.1 Å². The standard InChI is InChI=1S/C16H16F2N2O/c17-13-8-4-7-12(15(13)18)16(21)20-10-9-14(19)11-5-2-1-3-6-11/h1-8,14H,9-10,19H2,(H,20,21). The van der Waals surface area contributed by atoms with Crippen molar-refractivity contribution in [1.29, 1.82) is 0 Å². The quantitative estimate of drug-likeness (QED) is 0.889. The van der Waals surface area contributed by atoms with Gasteiger partial charge in [0, 0.05) is 12.6 Å². The number of benzene rings is 2. The molecule has 0 aliphatic heterocycles. The number of hydrogen-bond acceptors (Lipinski definition) is 2. The zero-order valence-electron chi connectivity index (χ0n) is 11.4. The van der Waals surface area contributed by atoms with Gasteiger partial charge in [0.25, 0.3) is 5.91 Å². The van der Waals surface area contributed by atoms with E-state index < -0.39 is 17.5 Å². The molecule has 2 aromatic carbocycles. The number of rotatable bonds is 5. The predicted molar refractivity (Wildman–Crippen MR) is 76.7 cm³/mol. The fourth-order valence-corrected chi connectivity index (χ4v) is 1.98. The molecule has 0 heterocycles. The number of nitrogens with one attached hydrogen (secondary N) is 1. The molecule has 0 bridgehead atoms. The van der Waals surface area contributed by atoms with Crippen LogP contribution in [0.1, 0.15) is 28.4 Å². The molecule has 0 aliphatic rings. The van der Waals surface area contributed by atoms with E-state index in [1.807, 2.05) is 30.3 Å². The third kappa shape index (κ3) is 3.86. The van der Waals surface area contributed by atoms with Crippen LogP contribution in [0, 0.1) is 11.6 Å². The lowest BCUT2D eigenvalue weighted by atomic mass is 10.0. The highest BCUT2D eigenvalue weighted by atomic mass is 19.2. The Morgan fingerprint density at radius 3 is 2.52 bits per heavy atom. The van der Waals surface area contributed by atoms with E-state index in [9.17, 15) is 13.6 Å². The summed E-state index contributed by atoms with van der Waals surface area (Å²) >= 11 is 0. The van der Waals surface area contributed by atoms with Crippen LogP contribution in [0.5, 0.6) is 0 Å². The summed E-state index contributed by atoms with van der Waals surface area (Å²) in [6, 6.07) is 12.8. The summed E-state index contributed by atoms with van der Waals surface area (Å²) < 4.78 is 26.5. The molecular weight excluding hydrogens is 274 g/mol. The lowest BCUT2D eigenvalue weighted by Gasteiger charge is -2.12. The van der Waals surface area contributed by atoms with E-state index in [0.717, 1.165) is 11.6 Å². The van der Waals surface area contributed by atoms with Gasteiger partial charge < -0.3 is 11.1 Å². The fraction of sp³-hybridized carbons (Fsp3) is 0.188. The van der Waals surface area contributed by atoms with E-state index in [1.165, 1.54) is 12.1 Å². The van der Waals surface area contributed by atoms with Crippen LogP contribution in [0.25, 0.3) is 0 Å². The first-order valence-corrected chi connectivity index (χ1v) is 6.62. The summed E-state index contributed by atoms with van der Waals surface area (Å²) in [4.78, 5) is 11.8. The van der Waals surface area contributed by atoms with Crippen LogP contribution in [0.15, 0.2) is 48.5 Å². The zero-order valence-corrected chi connectivity index (χ0v) is 11.4. The Labute approximate surface area is 121 Å². The first-order chi connectivity index (χ1) is 10.1. The third-order valence-electron chi connectivity index (χ3n) is 3.16. The monoisotopic (exact) mass is 290 g/mol. The summed E-state index contributed by atoms with van der Waals surface area (Å²) in [5.74, 6) is -2.82. The molecule has 0 aliphatic carbocycles. The molecule has 3 N–H and O–H groups in total. The van der Waals surface area contributed by atoms with Crippen molar-refractivity contribution >= 4 is 5.91 Å². The van der Waals surface area contributed by atoms with E-state index in [0.29, 0.717) is 6.42 Å². The average molecular weight is 290 g/mol. The van der Waals surface area contributed by atoms with Gasteiger partial charge in [-0.3, -0.25) is 4.79 Å². The molecule has 1 unspecified atom stereocenters. The Morgan fingerprint density at radius 2 is 1.81 bits per heavy atom. The molecular formula is C16H16F2N2O. The van der Waals surface area contributed by atoms with Gasteiger partial charge in [0.05, 0.1) is 5.56 Å². The number of carbonyl (C=O) groups is 1. The van der Waals surface area contributed by atoms with Gasteiger partial charge in [-0.1, -0.05) is 36.4 Å². The Kier molecular flexibility index (Phi) is 5.00. The second-order valence-electron chi connectivity index (χ2n) is 4.66. The average Bonchev–Trinajstić information content (AvgIpc) is 2.50. The molecule has 0 spiro atoms. The minimum Gasteiger partial charge on any atom is -0.352 e. The van der Waals surface area contributed by atoms with Crippen molar-refractivity contribution < 1.29 is 13.6 Å². The van der Waals surface area contributed by atoms with E-state index in [4.69, 9.17) is 5.73 Å². The highest BCUT2D eigenvalue weighted by molar-refractivity contribution is 5.94.